The molecule has 0 aliphatic carbocycles. The Labute approximate surface area is 106 Å². The van der Waals surface area contributed by atoms with Crippen molar-refractivity contribution >= 4 is 23.1 Å². The molecule has 4 nitrogen and oxygen atoms in total. The van der Waals surface area contributed by atoms with Crippen molar-refractivity contribution in [3.05, 3.63) is 29.3 Å². The molecule has 0 bridgehead atoms. The number of hydrogen-bond donors (Lipinski definition) is 2. The largest absolute Gasteiger partial charge is 0.508 e. The van der Waals surface area contributed by atoms with Crippen LogP contribution in [-0.2, 0) is 0 Å². The van der Waals surface area contributed by atoms with E-state index >= 15 is 0 Å². The van der Waals surface area contributed by atoms with Crippen LogP contribution in [0.15, 0.2) is 18.2 Å². The summed E-state index contributed by atoms with van der Waals surface area (Å²) in [4.78, 5) is 13.9. The average molecular weight is 252 g/mol. The van der Waals surface area contributed by atoms with Gasteiger partial charge in [0.25, 0.3) is 5.91 Å². The molecule has 3 N–H and O–H groups in total. The maximum atomic E-state index is 12.0. The Bertz CT molecular complexity index is 446. The molecule has 0 atom stereocenters. The Balaban J connectivity index is 2.74. The first-order valence-corrected chi connectivity index (χ1v) is 5.66. The fraction of sp³-hybridized carbons (Fsp3) is 0.333. The minimum absolute atomic E-state index is 0.107. The lowest BCUT2D eigenvalue weighted by molar-refractivity contribution is 0.0799. The van der Waals surface area contributed by atoms with Gasteiger partial charge >= 0.3 is 0 Å². The van der Waals surface area contributed by atoms with E-state index in [0.717, 1.165) is 0 Å². The zero-order valence-corrected chi connectivity index (χ0v) is 10.8. The molecule has 0 radical (unpaired) electrons. The average Bonchev–Trinajstić information content (AvgIpc) is 2.28. The highest BCUT2D eigenvalue weighted by atomic mass is 32.1. The minimum Gasteiger partial charge on any atom is -0.508 e. The number of rotatable bonds is 4. The predicted octanol–water partition coefficient (Wildman–Crippen LogP) is 1.45. The minimum atomic E-state index is -0.107. The van der Waals surface area contributed by atoms with Crippen LogP contribution in [0.3, 0.4) is 0 Å². The van der Waals surface area contributed by atoms with Gasteiger partial charge in [-0.05, 0) is 30.7 Å². The highest BCUT2D eigenvalue weighted by molar-refractivity contribution is 7.80. The summed E-state index contributed by atoms with van der Waals surface area (Å²) < 4.78 is 0. The van der Waals surface area contributed by atoms with Crippen molar-refractivity contribution in [2.75, 3.05) is 13.6 Å². The zero-order valence-electron chi connectivity index (χ0n) is 9.93. The maximum absolute atomic E-state index is 12.0. The van der Waals surface area contributed by atoms with Gasteiger partial charge in [-0.15, -0.1) is 0 Å². The normalized spacial score (nSPS) is 10.0. The Morgan fingerprint density at radius 3 is 2.71 bits per heavy atom. The highest BCUT2D eigenvalue weighted by Crippen LogP contribution is 2.17. The molecule has 0 fully saturated rings. The van der Waals surface area contributed by atoms with Gasteiger partial charge in [0.05, 0.1) is 4.99 Å². The van der Waals surface area contributed by atoms with Gasteiger partial charge in [0, 0.05) is 25.6 Å². The number of phenolic OH excluding ortho intramolecular Hbond substituents is 1. The van der Waals surface area contributed by atoms with Crippen molar-refractivity contribution in [3.8, 4) is 5.75 Å². The number of phenols is 1. The van der Waals surface area contributed by atoms with Crippen molar-refractivity contribution in [2.24, 2.45) is 5.73 Å². The van der Waals surface area contributed by atoms with Gasteiger partial charge in [0.15, 0.2) is 0 Å². The van der Waals surface area contributed by atoms with Crippen LogP contribution in [0.5, 0.6) is 5.75 Å². The van der Waals surface area contributed by atoms with Gasteiger partial charge in [-0.25, -0.2) is 0 Å². The highest BCUT2D eigenvalue weighted by Gasteiger charge is 2.12. The number of aromatic hydroxyl groups is 1. The van der Waals surface area contributed by atoms with Crippen LogP contribution in [0.25, 0.3) is 0 Å². The molecule has 1 amide bonds. The fourth-order valence-corrected chi connectivity index (χ4v) is 1.48. The summed E-state index contributed by atoms with van der Waals surface area (Å²) in [6, 6.07) is 4.78. The number of nitrogens with zero attached hydrogens (tertiary/aromatic N) is 1. The van der Waals surface area contributed by atoms with Crippen LogP contribution >= 0.6 is 12.2 Å². The Morgan fingerprint density at radius 1 is 1.53 bits per heavy atom. The Hall–Kier alpha value is -1.62. The van der Waals surface area contributed by atoms with Crippen molar-refractivity contribution in [1.29, 1.82) is 0 Å². The van der Waals surface area contributed by atoms with Gasteiger partial charge in [-0.3, -0.25) is 4.79 Å². The standard InChI is InChI=1S/C12H16N2O2S/c1-8-7-9(3-4-10(8)15)12(16)14(2)6-5-11(13)17/h3-4,7,15H,5-6H2,1-2H3,(H2,13,17). The van der Waals surface area contributed by atoms with E-state index < -0.39 is 0 Å². The lowest BCUT2D eigenvalue weighted by atomic mass is 10.1. The summed E-state index contributed by atoms with van der Waals surface area (Å²) in [6.45, 7) is 2.25. The number of benzene rings is 1. The second-order valence-corrected chi connectivity index (χ2v) is 4.47. The third-order valence-corrected chi connectivity index (χ3v) is 2.69. The van der Waals surface area contributed by atoms with E-state index in [2.05, 4.69) is 0 Å². The quantitative estimate of drug-likeness (QED) is 0.796. The molecule has 17 heavy (non-hydrogen) atoms. The Morgan fingerprint density at radius 2 is 2.18 bits per heavy atom. The third kappa shape index (κ3) is 3.71. The lowest BCUT2D eigenvalue weighted by Gasteiger charge is -2.17. The molecule has 92 valence electrons. The molecule has 0 aliphatic heterocycles. The second kappa shape index (κ2) is 5.63. The first-order chi connectivity index (χ1) is 7.91. The number of hydrogen-bond acceptors (Lipinski definition) is 3. The molecule has 5 heteroatoms. The SMILES string of the molecule is Cc1cc(C(=O)N(C)CCC(N)=S)ccc1O. The van der Waals surface area contributed by atoms with E-state index in [4.69, 9.17) is 18.0 Å². The maximum Gasteiger partial charge on any atom is 0.253 e. The number of amides is 1. The summed E-state index contributed by atoms with van der Waals surface area (Å²) in [6.07, 6.45) is 0.509. The van der Waals surface area contributed by atoms with Gasteiger partial charge < -0.3 is 15.7 Å². The van der Waals surface area contributed by atoms with Crippen LogP contribution < -0.4 is 5.73 Å². The van der Waals surface area contributed by atoms with Gasteiger partial charge in [0.2, 0.25) is 0 Å². The number of carbonyl (C=O) groups is 1. The van der Waals surface area contributed by atoms with Crippen LogP contribution in [-0.4, -0.2) is 34.5 Å². The molecule has 0 unspecified atom stereocenters. The summed E-state index contributed by atoms with van der Waals surface area (Å²) in [5.74, 6) is 0.0803. The van der Waals surface area contributed by atoms with E-state index in [1.165, 1.54) is 6.07 Å². The molecule has 0 aliphatic rings. The van der Waals surface area contributed by atoms with E-state index in [9.17, 15) is 9.90 Å². The first kappa shape index (κ1) is 13.4. The molecule has 1 aromatic carbocycles. The van der Waals surface area contributed by atoms with Crippen LogP contribution in [0.2, 0.25) is 0 Å². The van der Waals surface area contributed by atoms with Crippen molar-refractivity contribution < 1.29 is 9.90 Å². The third-order valence-electron chi connectivity index (χ3n) is 2.48. The summed E-state index contributed by atoms with van der Waals surface area (Å²) in [5, 5.41) is 9.38. The molecule has 0 saturated carbocycles. The molecule has 0 aromatic heterocycles. The monoisotopic (exact) mass is 252 g/mol. The van der Waals surface area contributed by atoms with Crippen LogP contribution in [0.4, 0.5) is 0 Å². The first-order valence-electron chi connectivity index (χ1n) is 5.25. The Kier molecular flexibility index (Phi) is 4.45. The van der Waals surface area contributed by atoms with Gasteiger partial charge in [-0.1, -0.05) is 12.2 Å². The number of nitrogens with two attached hydrogens (primary N) is 1. The molecule has 0 heterocycles. The lowest BCUT2D eigenvalue weighted by Crippen LogP contribution is -2.30. The predicted molar refractivity (Wildman–Crippen MR) is 71.2 cm³/mol. The van der Waals surface area contributed by atoms with Gasteiger partial charge in [-0.2, -0.15) is 0 Å². The van der Waals surface area contributed by atoms with E-state index in [1.54, 1.807) is 31.0 Å². The van der Waals surface area contributed by atoms with E-state index in [-0.39, 0.29) is 11.7 Å². The van der Waals surface area contributed by atoms with Crippen LogP contribution in [0, 0.1) is 6.92 Å². The van der Waals surface area contributed by atoms with Crippen LogP contribution in [0.1, 0.15) is 22.3 Å². The topological polar surface area (TPSA) is 66.6 Å². The summed E-state index contributed by atoms with van der Waals surface area (Å²) in [5.41, 5.74) is 6.61. The number of aryl methyl sites for hydroxylation is 1. The molecule has 0 spiro atoms. The van der Waals surface area contributed by atoms with Crippen molar-refractivity contribution in [1.82, 2.24) is 4.90 Å². The molecular formula is C12H16N2O2S. The fourth-order valence-electron chi connectivity index (χ4n) is 1.39. The number of carbonyl (C=O) groups excluding carboxylic acids is 1. The molecular weight excluding hydrogens is 236 g/mol. The molecule has 0 saturated heterocycles. The van der Waals surface area contributed by atoms with Crippen molar-refractivity contribution in [2.45, 2.75) is 13.3 Å². The molecule has 1 rings (SSSR count). The molecule has 1 aromatic rings. The smallest absolute Gasteiger partial charge is 0.253 e. The summed E-state index contributed by atoms with van der Waals surface area (Å²) >= 11 is 4.76. The van der Waals surface area contributed by atoms with E-state index in [1.807, 2.05) is 0 Å². The van der Waals surface area contributed by atoms with E-state index in [0.29, 0.717) is 29.1 Å². The zero-order chi connectivity index (χ0) is 13.0. The number of thiocarbonyl (C=S) groups is 1. The van der Waals surface area contributed by atoms with Gasteiger partial charge in [0.1, 0.15) is 5.75 Å². The summed E-state index contributed by atoms with van der Waals surface area (Å²) in [7, 11) is 1.70. The second-order valence-electron chi connectivity index (χ2n) is 3.94. The van der Waals surface area contributed by atoms with Crippen molar-refractivity contribution in [3.63, 3.8) is 0 Å².